The van der Waals surface area contributed by atoms with Crippen molar-refractivity contribution in [2.24, 2.45) is 0 Å². The first kappa shape index (κ1) is 56.6. The molecule has 0 amide bonds. The van der Waals surface area contributed by atoms with Crippen molar-refractivity contribution in [1.29, 1.82) is 0 Å². The molecule has 6 nitrogen and oxygen atoms in total. The second-order valence-corrected chi connectivity index (χ2v) is 17.1. The molecule has 0 saturated heterocycles. The van der Waals surface area contributed by atoms with E-state index in [-0.39, 0.29) is 30.4 Å². The molecule has 0 N–H and O–H groups in total. The smallest absolute Gasteiger partial charge is 0.0724 e. The summed E-state index contributed by atoms with van der Waals surface area (Å²) in [5, 5.41) is 0. The molecule has 0 bridgehead atoms. The summed E-state index contributed by atoms with van der Waals surface area (Å²) in [6, 6.07) is 13.0. The van der Waals surface area contributed by atoms with Gasteiger partial charge in [-0.15, -0.1) is 37.9 Å². The van der Waals surface area contributed by atoms with Gasteiger partial charge >= 0.3 is 0 Å². The zero-order chi connectivity index (χ0) is 39.2. The van der Waals surface area contributed by atoms with Crippen molar-refractivity contribution in [3.05, 3.63) is 86.5 Å². The van der Waals surface area contributed by atoms with Crippen LogP contribution in [0.25, 0.3) is 0 Å². The molecule has 0 fully saturated rings. The fraction of sp³-hybridized carbons (Fsp3) is 0.571. The molecule has 0 radical (unpaired) electrons. The summed E-state index contributed by atoms with van der Waals surface area (Å²) < 4.78 is 31.3. The predicted octanol–water partition coefficient (Wildman–Crippen LogP) is 11.2. The van der Waals surface area contributed by atoms with Crippen LogP contribution in [0.3, 0.4) is 0 Å². The fourth-order valence-corrected chi connectivity index (χ4v) is 5.95. The van der Waals surface area contributed by atoms with E-state index in [1.165, 1.54) is 16.7 Å². The second kappa shape index (κ2) is 26.2. The molecule has 3 rings (SSSR count). The van der Waals surface area contributed by atoms with Gasteiger partial charge in [0.2, 0.25) is 0 Å². The largest absolute Gasteiger partial charge is 0.380 e. The van der Waals surface area contributed by atoms with Crippen molar-refractivity contribution < 1.29 is 42.5 Å². The van der Waals surface area contributed by atoms with Gasteiger partial charge in [0.05, 0.1) is 39.6 Å². The van der Waals surface area contributed by atoms with E-state index in [1.807, 2.05) is 0 Å². The van der Waals surface area contributed by atoms with Crippen molar-refractivity contribution in [3.8, 4) is 0 Å². The van der Waals surface area contributed by atoms with Gasteiger partial charge in [-0.3, -0.25) is 14.1 Å². The van der Waals surface area contributed by atoms with Gasteiger partial charge in [0, 0.05) is 57.3 Å². The van der Waals surface area contributed by atoms with Crippen molar-refractivity contribution in [3.63, 3.8) is 0 Å². The Bertz CT molecular complexity index is 1260. The molecule has 0 atom stereocenters. The normalized spacial score (nSPS) is 11.2. The van der Waals surface area contributed by atoms with Crippen molar-refractivity contribution in [2.75, 3.05) is 42.7 Å². The molecule has 0 aliphatic rings. The van der Waals surface area contributed by atoms with Crippen LogP contribution in [0, 0.1) is 0 Å². The van der Waals surface area contributed by atoms with Crippen LogP contribution in [0.4, 0.5) is 14.1 Å². The maximum Gasteiger partial charge on any atom is 0.0724 e. The molecule has 3 aromatic rings. The number of rotatable bonds is 12. The number of methoxy groups -OCH3 is 6. The minimum absolute atomic E-state index is 0. The maximum absolute atomic E-state index is 5.22. The van der Waals surface area contributed by atoms with Crippen LogP contribution < -0.4 is 0 Å². The summed E-state index contributed by atoms with van der Waals surface area (Å²) in [4.78, 5) is 2.92. The second-order valence-electron chi connectivity index (χ2n) is 15.8. The Hall–Kier alpha value is -1.74. The van der Waals surface area contributed by atoms with Gasteiger partial charge in [0.1, 0.15) is 0 Å². The predicted molar refractivity (Wildman–Crippen MR) is 229 cm³/mol. The van der Waals surface area contributed by atoms with Crippen LogP contribution in [-0.4, -0.2) is 42.7 Å². The Morgan fingerprint density at radius 2 is 0.463 bits per heavy atom. The Morgan fingerprint density at radius 1 is 0.333 bits per heavy atom. The summed E-state index contributed by atoms with van der Waals surface area (Å²) in [5.74, 6) is 0. The van der Waals surface area contributed by atoms with E-state index in [1.54, 1.807) is 42.7 Å². The van der Waals surface area contributed by atoms with E-state index in [2.05, 4.69) is 137 Å². The highest BCUT2D eigenvalue weighted by molar-refractivity contribution is 7.80. The van der Waals surface area contributed by atoms with Gasteiger partial charge in [-0.1, -0.05) is 98.7 Å². The standard InChI is InChI=1S/3C14H22O2S.3FH/c3*1-14(2,3)12-6-10(8-15-4)13(17)11(7-12)9-16-5;;;/h3*6-7,17H,8-9H2,1-5H3;3*1H. The lowest BCUT2D eigenvalue weighted by molar-refractivity contribution is 0.175. The Balaban J connectivity index is -0.000000703. The number of ether oxygens (including phenoxy) is 6. The zero-order valence-electron chi connectivity index (χ0n) is 35.2. The first-order valence-electron chi connectivity index (χ1n) is 17.2. The Kier molecular flexibility index (Phi) is 27.5. The van der Waals surface area contributed by atoms with Gasteiger partial charge in [-0.25, -0.2) is 0 Å². The molecular formula is C42H69F3O6S3. The van der Waals surface area contributed by atoms with E-state index in [0.717, 1.165) is 48.1 Å². The summed E-state index contributed by atoms with van der Waals surface area (Å²) in [5.41, 5.74) is 10.9. The Labute approximate surface area is 341 Å². The quantitative estimate of drug-likeness (QED) is 0.158. The highest BCUT2D eigenvalue weighted by atomic mass is 32.1. The molecular weight excluding hydrogens is 754 g/mol. The average Bonchev–Trinajstić information content (AvgIpc) is 3.02. The van der Waals surface area contributed by atoms with Crippen molar-refractivity contribution in [1.82, 2.24) is 0 Å². The van der Waals surface area contributed by atoms with Crippen LogP contribution in [-0.2, 0) is 84.3 Å². The number of benzene rings is 3. The molecule has 0 aliphatic heterocycles. The topological polar surface area (TPSA) is 55.4 Å². The van der Waals surface area contributed by atoms with Gasteiger partial charge < -0.3 is 28.4 Å². The molecule has 0 saturated carbocycles. The minimum atomic E-state index is 0. The molecule has 3 aromatic carbocycles. The van der Waals surface area contributed by atoms with Crippen molar-refractivity contribution in [2.45, 2.75) is 133 Å². The minimum Gasteiger partial charge on any atom is -0.380 e. The average molecular weight is 823 g/mol. The number of thiol groups is 3. The summed E-state index contributed by atoms with van der Waals surface area (Å²) in [7, 11) is 10.2. The zero-order valence-corrected chi connectivity index (χ0v) is 37.9. The third-order valence-electron chi connectivity index (χ3n) is 8.20. The van der Waals surface area contributed by atoms with Crippen LogP contribution >= 0.6 is 37.9 Å². The third kappa shape index (κ3) is 18.0. The summed E-state index contributed by atoms with van der Waals surface area (Å²) in [6.45, 7) is 23.3. The maximum atomic E-state index is 5.22. The van der Waals surface area contributed by atoms with Crippen LogP contribution in [0.1, 0.15) is 112 Å². The molecule has 0 spiro atoms. The highest BCUT2D eigenvalue weighted by Gasteiger charge is 2.20. The molecule has 0 heterocycles. The van der Waals surface area contributed by atoms with Crippen LogP contribution in [0.15, 0.2) is 51.1 Å². The van der Waals surface area contributed by atoms with Gasteiger partial charge in [0.15, 0.2) is 0 Å². The van der Waals surface area contributed by atoms with E-state index < -0.39 is 0 Å². The molecule has 0 aliphatic carbocycles. The van der Waals surface area contributed by atoms with E-state index in [4.69, 9.17) is 28.4 Å². The summed E-state index contributed by atoms with van der Waals surface area (Å²) >= 11 is 13.7. The lowest BCUT2D eigenvalue weighted by Gasteiger charge is -2.22. The van der Waals surface area contributed by atoms with Gasteiger partial charge in [-0.05, 0) is 66.3 Å². The highest BCUT2D eigenvalue weighted by Crippen LogP contribution is 2.32. The van der Waals surface area contributed by atoms with E-state index >= 15 is 0 Å². The Morgan fingerprint density at radius 3 is 0.556 bits per heavy atom. The van der Waals surface area contributed by atoms with Crippen LogP contribution in [0.5, 0.6) is 0 Å². The molecule has 312 valence electrons. The first-order valence-corrected chi connectivity index (χ1v) is 18.5. The number of hydrogen-bond donors (Lipinski definition) is 3. The first-order chi connectivity index (χ1) is 23.7. The molecule has 0 unspecified atom stereocenters. The fourth-order valence-electron chi connectivity index (χ4n) is 5.17. The molecule has 0 aromatic heterocycles. The van der Waals surface area contributed by atoms with E-state index in [0.29, 0.717) is 39.6 Å². The lowest BCUT2D eigenvalue weighted by Crippen LogP contribution is -2.13. The molecule has 54 heavy (non-hydrogen) atoms. The SMILES string of the molecule is COCc1cc(C(C)(C)C)cc(COC)c1S.COCc1cc(C(C)(C)C)cc(COC)c1S.COCc1cc(C(C)(C)C)cc(COC)c1S.F.F.F. The number of halogens is 3. The van der Waals surface area contributed by atoms with E-state index in [9.17, 15) is 0 Å². The molecule has 12 heteroatoms. The third-order valence-corrected chi connectivity index (χ3v) is 9.92. The van der Waals surface area contributed by atoms with Gasteiger partial charge in [0.25, 0.3) is 0 Å². The monoisotopic (exact) mass is 822 g/mol. The lowest BCUT2D eigenvalue weighted by atomic mass is 9.85. The van der Waals surface area contributed by atoms with Crippen LogP contribution in [0.2, 0.25) is 0 Å². The number of hydrogen-bond acceptors (Lipinski definition) is 9. The summed E-state index contributed by atoms with van der Waals surface area (Å²) in [6.07, 6.45) is 0. The van der Waals surface area contributed by atoms with Gasteiger partial charge in [-0.2, -0.15) is 0 Å². The van der Waals surface area contributed by atoms with Crippen molar-refractivity contribution >= 4 is 37.9 Å².